The highest BCUT2D eigenvalue weighted by Crippen LogP contribution is 2.63. The van der Waals surface area contributed by atoms with E-state index < -0.39 is 0 Å². The number of fused-ring (bicyclic) bond motifs is 1. The fraction of sp³-hybridized carbons (Fsp3) is 1.00. The van der Waals surface area contributed by atoms with Crippen molar-refractivity contribution in [1.82, 2.24) is 0 Å². The molecule has 0 aromatic heterocycles. The van der Waals surface area contributed by atoms with Gasteiger partial charge in [-0.2, -0.15) is 0 Å². The van der Waals surface area contributed by atoms with Crippen LogP contribution in [0.1, 0.15) is 25.7 Å². The zero-order valence-electron chi connectivity index (χ0n) is 7.46. The maximum atomic E-state index is 6.42. The topological polar surface area (TPSA) is 35.2 Å². The van der Waals surface area contributed by atoms with Crippen LogP contribution in [0, 0.1) is 17.8 Å². The maximum Gasteiger partial charge on any atom is 0.0512 e. The van der Waals surface area contributed by atoms with E-state index in [1.165, 1.54) is 25.7 Å². The van der Waals surface area contributed by atoms with Crippen LogP contribution in [0.4, 0.5) is 0 Å². The largest absolute Gasteiger partial charge is 0.381 e. The van der Waals surface area contributed by atoms with Crippen molar-refractivity contribution in [1.29, 1.82) is 0 Å². The van der Waals surface area contributed by atoms with E-state index in [0.29, 0.717) is 5.92 Å². The van der Waals surface area contributed by atoms with E-state index in [1.807, 2.05) is 0 Å². The molecular weight excluding hydrogens is 150 g/mol. The Balaban J connectivity index is 1.76. The minimum atomic E-state index is 0.217. The summed E-state index contributed by atoms with van der Waals surface area (Å²) in [6.45, 7) is 1.88. The van der Waals surface area contributed by atoms with Crippen molar-refractivity contribution < 1.29 is 4.74 Å². The Hall–Kier alpha value is -0.0800. The summed E-state index contributed by atoms with van der Waals surface area (Å²) in [6, 6.07) is 0. The van der Waals surface area contributed by atoms with E-state index in [-0.39, 0.29) is 5.54 Å². The first-order valence-corrected chi connectivity index (χ1v) is 5.20. The zero-order valence-corrected chi connectivity index (χ0v) is 7.46. The second-order valence-corrected chi connectivity index (χ2v) is 4.70. The van der Waals surface area contributed by atoms with Gasteiger partial charge in [-0.05, 0) is 31.1 Å². The normalized spacial score (nSPS) is 57.2. The average Bonchev–Trinajstić information content (AvgIpc) is 2.62. The highest BCUT2D eigenvalue weighted by Gasteiger charge is 2.66. The summed E-state index contributed by atoms with van der Waals surface area (Å²) >= 11 is 0. The van der Waals surface area contributed by atoms with Crippen LogP contribution in [0.3, 0.4) is 0 Å². The third kappa shape index (κ3) is 0.728. The molecule has 3 rings (SSSR count). The lowest BCUT2D eigenvalue weighted by atomic mass is 9.90. The summed E-state index contributed by atoms with van der Waals surface area (Å²) in [5, 5.41) is 0. The first kappa shape index (κ1) is 7.34. The predicted octanol–water partition coefficient (Wildman–Crippen LogP) is 1.15. The molecule has 0 bridgehead atoms. The van der Waals surface area contributed by atoms with Crippen molar-refractivity contribution in [2.45, 2.75) is 31.2 Å². The average molecular weight is 167 g/mol. The van der Waals surface area contributed by atoms with Gasteiger partial charge in [0.2, 0.25) is 0 Å². The number of hydrogen-bond donors (Lipinski definition) is 1. The van der Waals surface area contributed by atoms with E-state index in [4.69, 9.17) is 10.5 Å². The molecule has 3 atom stereocenters. The summed E-state index contributed by atoms with van der Waals surface area (Å²) in [5.74, 6) is 2.42. The van der Waals surface area contributed by atoms with Gasteiger partial charge in [0.1, 0.15) is 0 Å². The van der Waals surface area contributed by atoms with Crippen molar-refractivity contribution in [2.75, 3.05) is 13.2 Å². The molecule has 68 valence electrons. The van der Waals surface area contributed by atoms with Gasteiger partial charge in [0.25, 0.3) is 0 Å². The van der Waals surface area contributed by atoms with Gasteiger partial charge in [-0.1, -0.05) is 6.42 Å². The van der Waals surface area contributed by atoms with Crippen LogP contribution in [0.15, 0.2) is 0 Å². The minimum absolute atomic E-state index is 0.217. The van der Waals surface area contributed by atoms with Gasteiger partial charge in [0.15, 0.2) is 0 Å². The molecule has 1 heterocycles. The molecule has 2 nitrogen and oxygen atoms in total. The molecule has 3 aliphatic rings. The van der Waals surface area contributed by atoms with Crippen LogP contribution in [0.2, 0.25) is 0 Å². The quantitative estimate of drug-likeness (QED) is 0.636. The van der Waals surface area contributed by atoms with Gasteiger partial charge in [-0.25, -0.2) is 0 Å². The van der Waals surface area contributed by atoms with E-state index >= 15 is 0 Å². The van der Waals surface area contributed by atoms with Crippen LogP contribution in [-0.2, 0) is 4.74 Å². The van der Waals surface area contributed by atoms with Gasteiger partial charge in [0.05, 0.1) is 6.61 Å². The molecule has 2 N–H and O–H groups in total. The smallest absolute Gasteiger partial charge is 0.0512 e. The molecular formula is C10H17NO. The van der Waals surface area contributed by atoms with Gasteiger partial charge in [0, 0.05) is 18.1 Å². The van der Waals surface area contributed by atoms with Crippen LogP contribution in [0.25, 0.3) is 0 Å². The Kier molecular flexibility index (Phi) is 1.37. The molecule has 3 fully saturated rings. The summed E-state index contributed by atoms with van der Waals surface area (Å²) in [6.07, 6.45) is 5.40. The van der Waals surface area contributed by atoms with Crippen molar-refractivity contribution >= 4 is 0 Å². The first-order valence-electron chi connectivity index (χ1n) is 5.20. The molecule has 3 unspecified atom stereocenters. The minimum Gasteiger partial charge on any atom is -0.381 e. The molecule has 0 spiro atoms. The van der Waals surface area contributed by atoms with E-state index in [0.717, 1.165) is 25.0 Å². The Morgan fingerprint density at radius 2 is 1.92 bits per heavy atom. The molecule has 12 heavy (non-hydrogen) atoms. The number of nitrogens with two attached hydrogens (primary N) is 1. The molecule has 2 heteroatoms. The number of hydrogen-bond acceptors (Lipinski definition) is 2. The summed E-state index contributed by atoms with van der Waals surface area (Å²) in [4.78, 5) is 0. The van der Waals surface area contributed by atoms with Crippen molar-refractivity contribution in [3.63, 3.8) is 0 Å². The maximum absolute atomic E-state index is 6.42. The summed E-state index contributed by atoms with van der Waals surface area (Å²) in [5.41, 5.74) is 6.64. The molecule has 2 aliphatic carbocycles. The number of ether oxygens (including phenoxy) is 1. The van der Waals surface area contributed by atoms with E-state index in [9.17, 15) is 0 Å². The highest BCUT2D eigenvalue weighted by molar-refractivity contribution is 5.21. The summed E-state index contributed by atoms with van der Waals surface area (Å²) in [7, 11) is 0. The Morgan fingerprint density at radius 3 is 2.50 bits per heavy atom. The molecule has 2 saturated carbocycles. The van der Waals surface area contributed by atoms with E-state index in [2.05, 4.69) is 0 Å². The standard InChI is InChI=1S/C10H17NO/c11-10(7-4-5-12-6-7)8-2-1-3-9(8)10/h7-9H,1-6,11H2. The zero-order chi connectivity index (χ0) is 8.18. The lowest BCUT2D eigenvalue weighted by Crippen LogP contribution is -2.38. The lowest BCUT2D eigenvalue weighted by Gasteiger charge is -2.21. The third-order valence-corrected chi connectivity index (χ3v) is 4.33. The van der Waals surface area contributed by atoms with Crippen LogP contribution in [0.5, 0.6) is 0 Å². The van der Waals surface area contributed by atoms with Gasteiger partial charge >= 0.3 is 0 Å². The Labute approximate surface area is 73.5 Å². The predicted molar refractivity (Wildman–Crippen MR) is 46.7 cm³/mol. The van der Waals surface area contributed by atoms with E-state index in [1.54, 1.807) is 0 Å². The van der Waals surface area contributed by atoms with Gasteiger partial charge in [-0.15, -0.1) is 0 Å². The SMILES string of the molecule is NC1(C2CCOC2)C2CCCC21. The molecule has 0 radical (unpaired) electrons. The van der Waals surface area contributed by atoms with Crippen molar-refractivity contribution in [3.05, 3.63) is 0 Å². The second kappa shape index (κ2) is 2.24. The lowest BCUT2D eigenvalue weighted by molar-refractivity contribution is 0.173. The van der Waals surface area contributed by atoms with Crippen molar-refractivity contribution in [3.8, 4) is 0 Å². The molecule has 1 saturated heterocycles. The van der Waals surface area contributed by atoms with Gasteiger partial charge < -0.3 is 10.5 Å². The third-order valence-electron chi connectivity index (χ3n) is 4.33. The van der Waals surface area contributed by atoms with Crippen molar-refractivity contribution in [2.24, 2.45) is 23.5 Å². The monoisotopic (exact) mass is 167 g/mol. The molecule has 0 amide bonds. The van der Waals surface area contributed by atoms with Gasteiger partial charge in [-0.3, -0.25) is 0 Å². The molecule has 0 aromatic carbocycles. The Bertz CT molecular complexity index is 188. The summed E-state index contributed by atoms with van der Waals surface area (Å²) < 4.78 is 5.41. The fourth-order valence-corrected chi connectivity index (χ4v) is 3.58. The van der Waals surface area contributed by atoms with Crippen LogP contribution in [-0.4, -0.2) is 18.8 Å². The molecule has 0 aromatic rings. The number of rotatable bonds is 1. The first-order chi connectivity index (χ1) is 5.83. The fourth-order valence-electron chi connectivity index (χ4n) is 3.58. The van der Waals surface area contributed by atoms with Crippen LogP contribution < -0.4 is 5.73 Å². The molecule has 1 aliphatic heterocycles. The highest BCUT2D eigenvalue weighted by atomic mass is 16.5. The van der Waals surface area contributed by atoms with Crippen LogP contribution >= 0.6 is 0 Å². The Morgan fingerprint density at radius 1 is 1.17 bits per heavy atom. The second-order valence-electron chi connectivity index (χ2n) is 4.70.